The number of piperazine rings is 1. The van der Waals surface area contributed by atoms with Crippen LogP contribution in [0.25, 0.3) is 0 Å². The Morgan fingerprint density at radius 2 is 2.19 bits per heavy atom. The lowest BCUT2D eigenvalue weighted by Gasteiger charge is -2.32. The normalized spacial score (nSPS) is 19.4. The molecule has 142 valence electrons. The van der Waals surface area contributed by atoms with Gasteiger partial charge in [-0.25, -0.2) is 0 Å². The number of nitrogens with one attached hydrogen (secondary N) is 2. The molecular formula is C20H24N4O2S. The van der Waals surface area contributed by atoms with E-state index in [4.69, 9.17) is 0 Å². The Bertz CT molecular complexity index is 849. The zero-order valence-corrected chi connectivity index (χ0v) is 16.3. The van der Waals surface area contributed by atoms with Crippen LogP contribution >= 0.6 is 11.3 Å². The molecule has 7 heteroatoms. The molecule has 2 aliphatic rings. The molecule has 1 unspecified atom stereocenters. The molecule has 27 heavy (non-hydrogen) atoms. The average Bonchev–Trinajstić information content (AvgIpc) is 3.05. The van der Waals surface area contributed by atoms with Crippen molar-refractivity contribution in [3.05, 3.63) is 46.1 Å². The first-order valence-corrected chi connectivity index (χ1v) is 10.3. The average molecular weight is 385 g/mol. The third-order valence-electron chi connectivity index (χ3n) is 5.19. The van der Waals surface area contributed by atoms with E-state index in [1.165, 1.54) is 4.88 Å². The monoisotopic (exact) mass is 384 g/mol. The number of thiophene rings is 1. The Morgan fingerprint density at radius 1 is 1.33 bits per heavy atom. The minimum Gasteiger partial charge on any atom is -0.336 e. The third kappa shape index (κ3) is 3.75. The van der Waals surface area contributed by atoms with Gasteiger partial charge in [0.1, 0.15) is 5.00 Å². The van der Waals surface area contributed by atoms with Gasteiger partial charge in [-0.2, -0.15) is 0 Å². The minimum absolute atomic E-state index is 0.0456. The highest BCUT2D eigenvalue weighted by Crippen LogP contribution is 2.39. The second kappa shape index (κ2) is 7.78. The van der Waals surface area contributed by atoms with Crippen molar-refractivity contribution < 1.29 is 9.59 Å². The molecule has 4 rings (SSSR count). The number of fused-ring (bicyclic) bond motifs is 1. The molecular weight excluding hydrogens is 360 g/mol. The zero-order chi connectivity index (χ0) is 18.8. The molecule has 0 saturated carbocycles. The van der Waals surface area contributed by atoms with E-state index in [1.54, 1.807) is 35.9 Å². The molecule has 3 heterocycles. The Hall–Kier alpha value is -2.25. The highest BCUT2D eigenvalue weighted by molar-refractivity contribution is 7.17. The van der Waals surface area contributed by atoms with Crippen molar-refractivity contribution >= 4 is 28.2 Å². The van der Waals surface area contributed by atoms with E-state index in [-0.39, 0.29) is 17.9 Å². The summed E-state index contributed by atoms with van der Waals surface area (Å²) in [5, 5.41) is 7.05. The van der Waals surface area contributed by atoms with E-state index in [9.17, 15) is 9.59 Å². The molecule has 6 nitrogen and oxygen atoms in total. The summed E-state index contributed by atoms with van der Waals surface area (Å²) < 4.78 is 0. The van der Waals surface area contributed by atoms with Crippen LogP contribution in [0.5, 0.6) is 0 Å². The lowest BCUT2D eigenvalue weighted by Crippen LogP contribution is -2.51. The Kier molecular flexibility index (Phi) is 5.22. The quantitative estimate of drug-likeness (QED) is 0.853. The van der Waals surface area contributed by atoms with Crippen LogP contribution < -0.4 is 10.6 Å². The number of hydrogen-bond acceptors (Lipinski definition) is 5. The predicted molar refractivity (Wildman–Crippen MR) is 107 cm³/mol. The number of rotatable bonds is 3. The number of nitrogens with zero attached hydrogens (tertiary/aromatic N) is 2. The smallest absolute Gasteiger partial charge is 0.257 e. The minimum atomic E-state index is -0.218. The predicted octanol–water partition coefficient (Wildman–Crippen LogP) is 2.71. The lowest BCUT2D eigenvalue weighted by molar-refractivity contribution is 0.0709. The van der Waals surface area contributed by atoms with Gasteiger partial charge in [-0.3, -0.25) is 14.6 Å². The first kappa shape index (κ1) is 18.1. The van der Waals surface area contributed by atoms with E-state index < -0.39 is 0 Å². The van der Waals surface area contributed by atoms with Crippen LogP contribution in [0.1, 0.15) is 50.9 Å². The fourth-order valence-electron chi connectivity index (χ4n) is 3.83. The van der Waals surface area contributed by atoms with Crippen molar-refractivity contribution in [1.82, 2.24) is 15.2 Å². The molecule has 1 fully saturated rings. The van der Waals surface area contributed by atoms with Crippen molar-refractivity contribution in [3.8, 4) is 0 Å². The molecule has 1 aliphatic carbocycles. The number of aryl methyl sites for hydroxylation is 1. The topological polar surface area (TPSA) is 74.3 Å². The molecule has 2 N–H and O–H groups in total. The fourth-order valence-corrected chi connectivity index (χ4v) is 5.10. The molecule has 1 aliphatic heterocycles. The Balaban J connectivity index is 1.66. The van der Waals surface area contributed by atoms with E-state index in [0.29, 0.717) is 29.2 Å². The number of hydrogen-bond donors (Lipinski definition) is 2. The van der Waals surface area contributed by atoms with Gasteiger partial charge < -0.3 is 15.5 Å². The maximum Gasteiger partial charge on any atom is 0.257 e. The van der Waals surface area contributed by atoms with Crippen LogP contribution in [0, 0.1) is 0 Å². The molecule has 2 aromatic rings. The maximum atomic E-state index is 13.4. The molecule has 0 aromatic carbocycles. The maximum absolute atomic E-state index is 13.4. The molecule has 1 saturated heterocycles. The van der Waals surface area contributed by atoms with Crippen LogP contribution in [0.15, 0.2) is 24.5 Å². The van der Waals surface area contributed by atoms with Crippen molar-refractivity contribution in [1.29, 1.82) is 0 Å². The van der Waals surface area contributed by atoms with Gasteiger partial charge in [0, 0.05) is 42.9 Å². The SMILES string of the molecule is CC1CN(C(=O)c2c(NC(=O)c3cccnc3)sc3c2CCCC3)CCN1. The van der Waals surface area contributed by atoms with Crippen molar-refractivity contribution in [2.24, 2.45) is 0 Å². The summed E-state index contributed by atoms with van der Waals surface area (Å²) in [6, 6.07) is 3.75. The Morgan fingerprint density at radius 3 is 2.96 bits per heavy atom. The van der Waals surface area contributed by atoms with Gasteiger partial charge in [0.25, 0.3) is 11.8 Å². The summed E-state index contributed by atoms with van der Waals surface area (Å²) in [5.41, 5.74) is 2.35. The number of aromatic nitrogens is 1. The summed E-state index contributed by atoms with van der Waals surface area (Å²) in [6.45, 7) is 4.29. The van der Waals surface area contributed by atoms with E-state index in [1.807, 2.05) is 4.90 Å². The summed E-state index contributed by atoms with van der Waals surface area (Å²) in [4.78, 5) is 33.2. The summed E-state index contributed by atoms with van der Waals surface area (Å²) in [7, 11) is 0. The van der Waals surface area contributed by atoms with Gasteiger partial charge in [0.15, 0.2) is 0 Å². The van der Waals surface area contributed by atoms with Crippen LogP contribution in [-0.4, -0.2) is 47.4 Å². The van der Waals surface area contributed by atoms with Gasteiger partial charge in [0.05, 0.1) is 11.1 Å². The first-order valence-electron chi connectivity index (χ1n) is 9.52. The second-order valence-corrected chi connectivity index (χ2v) is 8.32. The van der Waals surface area contributed by atoms with Gasteiger partial charge in [0.2, 0.25) is 0 Å². The fraction of sp³-hybridized carbons (Fsp3) is 0.450. The van der Waals surface area contributed by atoms with Crippen LogP contribution in [0.2, 0.25) is 0 Å². The number of carbonyl (C=O) groups excluding carboxylic acids is 2. The molecule has 0 radical (unpaired) electrons. The lowest BCUT2D eigenvalue weighted by atomic mass is 9.94. The van der Waals surface area contributed by atoms with E-state index in [2.05, 4.69) is 22.5 Å². The van der Waals surface area contributed by atoms with Crippen LogP contribution in [0.3, 0.4) is 0 Å². The van der Waals surface area contributed by atoms with Gasteiger partial charge >= 0.3 is 0 Å². The van der Waals surface area contributed by atoms with Gasteiger partial charge in [-0.1, -0.05) is 0 Å². The summed E-state index contributed by atoms with van der Waals surface area (Å²) in [6.07, 6.45) is 7.32. The van der Waals surface area contributed by atoms with Crippen molar-refractivity contribution in [2.45, 2.75) is 38.6 Å². The first-order chi connectivity index (χ1) is 13.1. The van der Waals surface area contributed by atoms with Crippen LogP contribution in [0.4, 0.5) is 5.00 Å². The van der Waals surface area contributed by atoms with Gasteiger partial charge in [-0.15, -0.1) is 11.3 Å². The highest BCUT2D eigenvalue weighted by atomic mass is 32.1. The number of carbonyl (C=O) groups is 2. The number of amides is 2. The molecule has 0 spiro atoms. The second-order valence-electron chi connectivity index (χ2n) is 7.22. The van der Waals surface area contributed by atoms with Crippen molar-refractivity contribution in [3.63, 3.8) is 0 Å². The van der Waals surface area contributed by atoms with Gasteiger partial charge in [-0.05, 0) is 50.3 Å². The Labute approximate surface area is 163 Å². The molecule has 1 atom stereocenters. The zero-order valence-electron chi connectivity index (χ0n) is 15.5. The number of pyridine rings is 1. The molecule has 2 amide bonds. The molecule has 2 aromatic heterocycles. The van der Waals surface area contributed by atoms with Crippen LogP contribution in [-0.2, 0) is 12.8 Å². The standard InChI is InChI=1S/C20H24N4O2S/c1-13-12-24(10-9-22-13)20(26)17-15-6-2-3-7-16(15)27-19(17)23-18(25)14-5-4-8-21-11-14/h4-5,8,11,13,22H,2-3,6-7,9-10,12H2,1H3,(H,23,25). The van der Waals surface area contributed by atoms with E-state index in [0.717, 1.165) is 37.8 Å². The molecule has 0 bridgehead atoms. The van der Waals surface area contributed by atoms with Crippen molar-refractivity contribution in [2.75, 3.05) is 25.0 Å². The number of anilines is 1. The largest absolute Gasteiger partial charge is 0.336 e. The van der Waals surface area contributed by atoms with E-state index >= 15 is 0 Å². The third-order valence-corrected chi connectivity index (χ3v) is 6.40. The summed E-state index contributed by atoms with van der Waals surface area (Å²) in [5.74, 6) is -0.173. The summed E-state index contributed by atoms with van der Waals surface area (Å²) >= 11 is 1.56. The highest BCUT2D eigenvalue weighted by Gasteiger charge is 2.31.